The molecule has 1 atom stereocenters. The van der Waals surface area contributed by atoms with Crippen LogP contribution in [-0.2, 0) is 4.74 Å². The minimum atomic E-state index is -0.714. The van der Waals surface area contributed by atoms with Crippen LogP contribution in [0.5, 0.6) is 0 Å². The number of amides is 1. The highest BCUT2D eigenvalue weighted by molar-refractivity contribution is 5.92. The van der Waals surface area contributed by atoms with Gasteiger partial charge < -0.3 is 14.7 Å². The van der Waals surface area contributed by atoms with Gasteiger partial charge in [-0.1, -0.05) is 18.2 Å². The highest BCUT2D eigenvalue weighted by Gasteiger charge is 2.23. The van der Waals surface area contributed by atoms with Gasteiger partial charge in [0, 0.05) is 19.2 Å². The van der Waals surface area contributed by atoms with Crippen LogP contribution < -0.4 is 5.56 Å². The van der Waals surface area contributed by atoms with Gasteiger partial charge in [-0.2, -0.15) is 0 Å². The van der Waals surface area contributed by atoms with E-state index >= 15 is 0 Å². The van der Waals surface area contributed by atoms with Crippen LogP contribution in [0.3, 0.4) is 0 Å². The Morgan fingerprint density at radius 1 is 1.32 bits per heavy atom. The second-order valence-corrected chi connectivity index (χ2v) is 5.16. The van der Waals surface area contributed by atoms with E-state index in [2.05, 4.69) is 5.10 Å². The van der Waals surface area contributed by atoms with E-state index in [4.69, 9.17) is 4.74 Å². The van der Waals surface area contributed by atoms with Crippen LogP contribution in [0.25, 0.3) is 5.69 Å². The number of para-hydroxylation sites is 1. The molecular formula is C15H17N3O4. The Bertz CT molecular complexity index is 707. The van der Waals surface area contributed by atoms with Crippen molar-refractivity contribution in [2.75, 3.05) is 26.3 Å². The van der Waals surface area contributed by atoms with E-state index in [-0.39, 0.29) is 30.3 Å². The largest absolute Gasteiger partial charge is 0.389 e. The topological polar surface area (TPSA) is 87.6 Å². The fourth-order valence-electron chi connectivity index (χ4n) is 2.42. The van der Waals surface area contributed by atoms with Crippen molar-refractivity contribution in [3.8, 4) is 5.69 Å². The molecule has 0 saturated carbocycles. The summed E-state index contributed by atoms with van der Waals surface area (Å²) in [4.78, 5) is 26.0. The Morgan fingerprint density at radius 3 is 2.86 bits per heavy atom. The zero-order chi connectivity index (χ0) is 15.5. The smallest absolute Gasteiger partial charge is 0.272 e. The Kier molecular flexibility index (Phi) is 4.08. The predicted octanol–water partition coefficient (Wildman–Crippen LogP) is -0.00110. The first kappa shape index (κ1) is 14.6. The molecule has 1 saturated heterocycles. The van der Waals surface area contributed by atoms with Crippen molar-refractivity contribution in [1.82, 2.24) is 14.7 Å². The molecule has 0 radical (unpaired) electrons. The van der Waals surface area contributed by atoms with Gasteiger partial charge in [-0.05, 0) is 12.1 Å². The van der Waals surface area contributed by atoms with Crippen molar-refractivity contribution in [2.24, 2.45) is 0 Å². The standard InChI is InChI=1S/C15H17N3O4/c19-12-9-17(6-7-22-10-12)15(21)13-8-14(20)18(16-13)11-4-2-1-3-5-11/h1-5,8,12,16,19H,6-7,9-10H2. The van der Waals surface area contributed by atoms with E-state index in [1.807, 2.05) is 18.2 Å². The molecule has 0 aliphatic carbocycles. The maximum Gasteiger partial charge on any atom is 0.272 e. The van der Waals surface area contributed by atoms with Gasteiger partial charge in [-0.3, -0.25) is 14.7 Å². The average molecular weight is 303 g/mol. The molecule has 1 aromatic heterocycles. The van der Waals surface area contributed by atoms with Crippen molar-refractivity contribution >= 4 is 5.91 Å². The van der Waals surface area contributed by atoms with Gasteiger partial charge in [0.1, 0.15) is 5.69 Å². The molecule has 1 fully saturated rings. The third kappa shape index (κ3) is 2.95. The molecule has 2 N–H and O–H groups in total. The molecular weight excluding hydrogens is 286 g/mol. The number of aromatic amines is 1. The van der Waals surface area contributed by atoms with Crippen LogP contribution in [0.1, 0.15) is 10.5 Å². The number of carbonyl (C=O) groups is 1. The minimum Gasteiger partial charge on any atom is -0.389 e. The van der Waals surface area contributed by atoms with Gasteiger partial charge in [0.25, 0.3) is 11.5 Å². The number of nitrogens with one attached hydrogen (secondary N) is 1. The Morgan fingerprint density at radius 2 is 2.09 bits per heavy atom. The van der Waals surface area contributed by atoms with Crippen molar-refractivity contribution in [3.63, 3.8) is 0 Å². The van der Waals surface area contributed by atoms with Crippen molar-refractivity contribution in [1.29, 1.82) is 0 Å². The minimum absolute atomic E-state index is 0.192. The second kappa shape index (κ2) is 6.17. The summed E-state index contributed by atoms with van der Waals surface area (Å²) in [5.41, 5.74) is 0.551. The third-order valence-electron chi connectivity index (χ3n) is 3.50. The first-order valence-corrected chi connectivity index (χ1v) is 7.08. The summed E-state index contributed by atoms with van der Waals surface area (Å²) in [6.07, 6.45) is -0.714. The number of β-amino-alcohol motifs (C(OH)–C–C–N with tert-alkyl or cyclic N) is 1. The number of carbonyl (C=O) groups excluding carboxylic acids is 1. The number of ether oxygens (including phenoxy) is 1. The van der Waals surface area contributed by atoms with Gasteiger partial charge in [0.15, 0.2) is 0 Å². The molecule has 0 bridgehead atoms. The van der Waals surface area contributed by atoms with Crippen LogP contribution in [0.15, 0.2) is 41.2 Å². The van der Waals surface area contributed by atoms with Crippen LogP contribution in [0, 0.1) is 0 Å². The lowest BCUT2D eigenvalue weighted by Gasteiger charge is -2.20. The van der Waals surface area contributed by atoms with Crippen LogP contribution in [-0.4, -0.2) is 58.1 Å². The molecule has 3 rings (SSSR count). The normalized spacial score (nSPS) is 19.0. The summed E-state index contributed by atoms with van der Waals surface area (Å²) in [5, 5.41) is 12.5. The number of benzene rings is 1. The first-order chi connectivity index (χ1) is 10.6. The highest BCUT2D eigenvalue weighted by atomic mass is 16.5. The highest BCUT2D eigenvalue weighted by Crippen LogP contribution is 2.08. The SMILES string of the molecule is O=C(c1cc(=O)n(-c2ccccc2)[nH]1)N1CCOCC(O)C1. The number of aliphatic hydroxyl groups excluding tert-OH is 1. The summed E-state index contributed by atoms with van der Waals surface area (Å²) >= 11 is 0. The number of aliphatic hydroxyl groups is 1. The number of rotatable bonds is 2. The summed E-state index contributed by atoms with van der Waals surface area (Å²) in [6.45, 7) is 1.16. The van der Waals surface area contributed by atoms with Gasteiger partial charge >= 0.3 is 0 Å². The van der Waals surface area contributed by atoms with E-state index < -0.39 is 6.10 Å². The Hall–Kier alpha value is -2.38. The molecule has 22 heavy (non-hydrogen) atoms. The monoisotopic (exact) mass is 303 g/mol. The summed E-state index contributed by atoms with van der Waals surface area (Å²) in [7, 11) is 0. The fourth-order valence-corrected chi connectivity index (χ4v) is 2.42. The first-order valence-electron chi connectivity index (χ1n) is 7.08. The molecule has 7 heteroatoms. The van der Waals surface area contributed by atoms with Crippen molar-refractivity contribution < 1.29 is 14.6 Å². The molecule has 2 heterocycles. The maximum atomic E-state index is 12.5. The zero-order valence-corrected chi connectivity index (χ0v) is 11.9. The molecule has 0 spiro atoms. The Labute approximate surface area is 126 Å². The molecule has 7 nitrogen and oxygen atoms in total. The lowest BCUT2D eigenvalue weighted by molar-refractivity contribution is 0.0532. The summed E-state index contributed by atoms with van der Waals surface area (Å²) in [6, 6.07) is 10.3. The van der Waals surface area contributed by atoms with Crippen molar-refractivity contribution in [2.45, 2.75) is 6.10 Å². The van der Waals surface area contributed by atoms with Gasteiger partial charge in [-0.15, -0.1) is 0 Å². The van der Waals surface area contributed by atoms with Crippen LogP contribution >= 0.6 is 0 Å². The lowest BCUT2D eigenvalue weighted by Crippen LogP contribution is -2.38. The molecule has 2 aromatic rings. The third-order valence-corrected chi connectivity index (χ3v) is 3.50. The molecule has 1 aromatic carbocycles. The molecule has 116 valence electrons. The van der Waals surface area contributed by atoms with Crippen molar-refractivity contribution in [3.05, 3.63) is 52.4 Å². The predicted molar refractivity (Wildman–Crippen MR) is 79.1 cm³/mol. The Balaban J connectivity index is 1.86. The number of nitrogens with zero attached hydrogens (tertiary/aromatic N) is 2. The molecule has 1 unspecified atom stereocenters. The van der Waals surface area contributed by atoms with E-state index in [1.54, 1.807) is 12.1 Å². The zero-order valence-electron chi connectivity index (χ0n) is 11.9. The van der Waals surface area contributed by atoms with E-state index in [0.717, 1.165) is 0 Å². The van der Waals surface area contributed by atoms with Crippen LogP contribution in [0.4, 0.5) is 0 Å². The number of H-pyrrole nitrogens is 1. The van der Waals surface area contributed by atoms with Gasteiger partial charge in [0.05, 0.1) is 25.0 Å². The summed E-state index contributed by atoms with van der Waals surface area (Å²) in [5.74, 6) is -0.323. The average Bonchev–Trinajstić information content (AvgIpc) is 2.78. The van der Waals surface area contributed by atoms with E-state index in [0.29, 0.717) is 18.8 Å². The van der Waals surface area contributed by atoms with E-state index in [1.165, 1.54) is 15.6 Å². The van der Waals surface area contributed by atoms with E-state index in [9.17, 15) is 14.7 Å². The molecule has 1 aliphatic rings. The molecule has 1 aliphatic heterocycles. The van der Waals surface area contributed by atoms with Gasteiger partial charge in [-0.25, -0.2) is 4.68 Å². The number of aromatic nitrogens is 2. The van der Waals surface area contributed by atoms with Crippen LogP contribution in [0.2, 0.25) is 0 Å². The maximum absolute atomic E-state index is 12.5. The summed E-state index contributed by atoms with van der Waals surface area (Å²) < 4.78 is 6.52. The van der Waals surface area contributed by atoms with Gasteiger partial charge in [0.2, 0.25) is 0 Å². The quantitative estimate of drug-likeness (QED) is 0.817. The fraction of sp³-hybridized carbons (Fsp3) is 0.333. The lowest BCUT2D eigenvalue weighted by atomic mass is 10.3. The molecule has 1 amide bonds. The number of hydrogen-bond acceptors (Lipinski definition) is 4. The number of hydrogen-bond donors (Lipinski definition) is 2. The second-order valence-electron chi connectivity index (χ2n) is 5.16.